The Kier molecular flexibility index (Phi) is 19.0. The van der Waals surface area contributed by atoms with Crippen LogP contribution < -0.4 is 29.6 Å². The van der Waals surface area contributed by atoms with Crippen molar-refractivity contribution in [3.63, 3.8) is 0 Å². The van der Waals surface area contributed by atoms with Gasteiger partial charge in [-0.1, -0.05) is 80.4 Å². The molecule has 1 aromatic rings. The molecule has 0 fully saturated rings. The molecular formula is C17H21NaO3S. The summed E-state index contributed by atoms with van der Waals surface area (Å²) in [5.41, 5.74) is 1.71. The molecule has 0 bridgehead atoms. The third kappa shape index (κ3) is 23.9. The molecule has 0 unspecified atom stereocenters. The van der Waals surface area contributed by atoms with Crippen LogP contribution in [0.2, 0.25) is 0 Å². The Hall–Kier alpha value is -1.17. The van der Waals surface area contributed by atoms with E-state index in [1.165, 1.54) is 6.08 Å². The molecule has 0 spiro atoms. The maximum Gasteiger partial charge on any atom is 1.00 e. The van der Waals surface area contributed by atoms with Crippen LogP contribution in [0.5, 0.6) is 0 Å². The average molecular weight is 328 g/mol. The third-order valence-corrected chi connectivity index (χ3v) is 2.21. The van der Waals surface area contributed by atoms with E-state index in [-0.39, 0.29) is 29.6 Å². The van der Waals surface area contributed by atoms with Gasteiger partial charge in [-0.05, 0) is 18.6 Å². The van der Waals surface area contributed by atoms with Crippen molar-refractivity contribution in [3.8, 4) is 0 Å². The predicted octanol–water partition coefficient (Wildman–Crippen LogP) is 1.31. The Morgan fingerprint density at radius 2 is 1.50 bits per heavy atom. The van der Waals surface area contributed by atoms with E-state index in [0.717, 1.165) is 5.57 Å². The molecule has 22 heavy (non-hydrogen) atoms. The van der Waals surface area contributed by atoms with Crippen molar-refractivity contribution < 1.29 is 42.5 Å². The fourth-order valence-electron chi connectivity index (χ4n) is 0.726. The summed E-state index contributed by atoms with van der Waals surface area (Å²) < 4.78 is 30.5. The van der Waals surface area contributed by atoms with Gasteiger partial charge in [-0.25, -0.2) is 8.42 Å². The number of benzene rings is 1. The van der Waals surface area contributed by atoms with Crippen molar-refractivity contribution >= 4 is 16.2 Å². The van der Waals surface area contributed by atoms with E-state index in [0.29, 0.717) is 11.0 Å². The van der Waals surface area contributed by atoms with Crippen LogP contribution in [0.4, 0.5) is 0 Å². The fourth-order valence-corrected chi connectivity index (χ4v) is 1.05. The molecule has 0 heterocycles. The van der Waals surface area contributed by atoms with Crippen molar-refractivity contribution in [2.75, 3.05) is 0 Å². The molecule has 0 N–H and O–H groups in total. The van der Waals surface area contributed by atoms with Gasteiger partial charge in [0.1, 0.15) is 10.1 Å². The molecule has 0 aliphatic heterocycles. The molecule has 0 atom stereocenters. The molecule has 0 aromatic heterocycles. The topological polar surface area (TPSA) is 57.2 Å². The molecule has 3 nitrogen and oxygen atoms in total. The molecule has 5 heteroatoms. The molecule has 0 saturated heterocycles. The number of rotatable bonds is 4. The van der Waals surface area contributed by atoms with Crippen LogP contribution in [0, 0.1) is 0 Å². The van der Waals surface area contributed by atoms with Gasteiger partial charge >= 0.3 is 29.6 Å². The van der Waals surface area contributed by atoms with Crippen molar-refractivity contribution in [2.45, 2.75) is 6.92 Å². The minimum atomic E-state index is -4.25. The van der Waals surface area contributed by atoms with E-state index in [2.05, 4.69) is 26.3 Å². The Morgan fingerprint density at radius 3 is 1.77 bits per heavy atom. The van der Waals surface area contributed by atoms with Crippen molar-refractivity contribution in [1.82, 2.24) is 0 Å². The van der Waals surface area contributed by atoms with E-state index >= 15 is 0 Å². The predicted molar refractivity (Wildman–Crippen MR) is 90.6 cm³/mol. The zero-order valence-electron chi connectivity index (χ0n) is 13.2. The normalized spacial score (nSPS) is 9.00. The maximum atomic E-state index is 10.2. The van der Waals surface area contributed by atoms with Crippen LogP contribution in [-0.2, 0) is 10.1 Å². The first-order chi connectivity index (χ1) is 9.76. The number of allylic oxidation sites excluding steroid dienone is 4. The standard InChI is InChI=1S/C8H8O3S.C5H8.C4H6.Na/c9-12(10,11)7-6-8-4-2-1-3-5-8;1-4-5(2)3;1-3-4-2;/h1-7H,(H,9,10,11);4H,1-2H2,3H3;3-4H,1-2H2;/q;;;+1/p-1. The molecule has 0 aliphatic carbocycles. The summed E-state index contributed by atoms with van der Waals surface area (Å²) in [5, 5.41) is 0.641. The van der Waals surface area contributed by atoms with Gasteiger partial charge in [0.25, 0.3) is 0 Å². The maximum absolute atomic E-state index is 10.2. The molecule has 1 aromatic carbocycles. The van der Waals surface area contributed by atoms with E-state index in [9.17, 15) is 13.0 Å². The summed E-state index contributed by atoms with van der Waals surface area (Å²) in [7, 11) is -4.25. The van der Waals surface area contributed by atoms with Gasteiger partial charge in [0.05, 0.1) is 0 Å². The summed E-state index contributed by atoms with van der Waals surface area (Å²) in [6.07, 6.45) is 6.27. The van der Waals surface area contributed by atoms with Gasteiger partial charge in [-0.2, -0.15) is 0 Å². The van der Waals surface area contributed by atoms with Gasteiger partial charge in [0, 0.05) is 5.41 Å². The number of hydrogen-bond acceptors (Lipinski definition) is 3. The Balaban J connectivity index is -0.000000304. The molecule has 0 radical (unpaired) electrons. The third-order valence-electron chi connectivity index (χ3n) is 1.74. The van der Waals surface area contributed by atoms with Crippen LogP contribution in [0.3, 0.4) is 0 Å². The van der Waals surface area contributed by atoms with Crippen LogP contribution in [0.1, 0.15) is 12.5 Å². The van der Waals surface area contributed by atoms with Gasteiger partial charge in [-0.3, -0.25) is 0 Å². The van der Waals surface area contributed by atoms with Gasteiger partial charge in [0.15, 0.2) is 0 Å². The summed E-state index contributed by atoms with van der Waals surface area (Å²) in [4.78, 5) is 0. The van der Waals surface area contributed by atoms with Crippen molar-refractivity contribution in [2.24, 2.45) is 0 Å². The van der Waals surface area contributed by atoms with E-state index < -0.39 is 10.1 Å². The molecule has 1 rings (SSSR count). The summed E-state index contributed by atoms with van der Waals surface area (Å²) >= 11 is 0. The second-order valence-corrected chi connectivity index (χ2v) is 4.99. The zero-order chi connectivity index (χ0) is 16.7. The minimum Gasteiger partial charge on any atom is -0.744 e. The Bertz CT molecular complexity index is 567. The summed E-state index contributed by atoms with van der Waals surface area (Å²) in [5.74, 6) is 0. The van der Waals surface area contributed by atoms with Gasteiger partial charge in [0.2, 0.25) is 0 Å². The first kappa shape index (κ1) is 25.8. The molecular weight excluding hydrogens is 307 g/mol. The first-order valence-electron chi connectivity index (χ1n) is 5.97. The van der Waals surface area contributed by atoms with Crippen LogP contribution >= 0.6 is 0 Å². The van der Waals surface area contributed by atoms with Crippen LogP contribution in [0.25, 0.3) is 6.08 Å². The van der Waals surface area contributed by atoms with Crippen molar-refractivity contribution in [1.29, 1.82) is 0 Å². The van der Waals surface area contributed by atoms with Gasteiger partial charge in [-0.15, -0.1) is 0 Å². The van der Waals surface area contributed by atoms with Crippen LogP contribution in [0.15, 0.2) is 85.9 Å². The second-order valence-electron chi connectivity index (χ2n) is 3.73. The minimum absolute atomic E-state index is 0. The van der Waals surface area contributed by atoms with E-state index in [1.807, 2.05) is 13.0 Å². The summed E-state index contributed by atoms with van der Waals surface area (Å²) in [6.45, 7) is 15.6. The Morgan fingerprint density at radius 1 is 1.09 bits per heavy atom. The molecule has 0 saturated carbocycles. The van der Waals surface area contributed by atoms with Crippen LogP contribution in [-0.4, -0.2) is 13.0 Å². The number of hydrogen-bond donors (Lipinski definition) is 0. The average Bonchev–Trinajstić information content (AvgIpc) is 2.46. The summed E-state index contributed by atoms with van der Waals surface area (Å²) in [6, 6.07) is 8.75. The quantitative estimate of drug-likeness (QED) is 0.476. The Labute approximate surface area is 156 Å². The largest absolute Gasteiger partial charge is 1.00 e. The molecule has 114 valence electrons. The smallest absolute Gasteiger partial charge is 0.744 e. The zero-order valence-corrected chi connectivity index (χ0v) is 16.1. The fraction of sp³-hybridized carbons (Fsp3) is 0.0588. The van der Waals surface area contributed by atoms with E-state index in [1.54, 1.807) is 42.5 Å². The molecule has 0 amide bonds. The molecule has 0 aliphatic rings. The van der Waals surface area contributed by atoms with Crippen molar-refractivity contribution in [3.05, 3.63) is 91.4 Å². The monoisotopic (exact) mass is 328 g/mol. The SMILES string of the molecule is C=CC(=C)C.C=CC=C.O=S(=O)([O-])C=Cc1ccccc1.[Na+]. The first-order valence-corrected chi connectivity index (χ1v) is 7.44. The van der Waals surface area contributed by atoms with Gasteiger partial charge < -0.3 is 4.55 Å². The second kappa shape index (κ2) is 16.2. The van der Waals surface area contributed by atoms with E-state index in [4.69, 9.17) is 0 Å².